The molecule has 1 aromatic heterocycles. The Bertz CT molecular complexity index is 342. The molecule has 0 aliphatic carbocycles. The van der Waals surface area contributed by atoms with Gasteiger partial charge < -0.3 is 10.6 Å². The molecule has 2 N–H and O–H groups in total. The van der Waals surface area contributed by atoms with Gasteiger partial charge in [0.1, 0.15) is 0 Å². The number of amides is 1. The zero-order chi connectivity index (χ0) is 10.7. The van der Waals surface area contributed by atoms with E-state index in [0.717, 1.165) is 25.9 Å². The number of carbonyl (C=O) groups excluding carboxylic acids is 1. The van der Waals surface area contributed by atoms with Gasteiger partial charge in [0.05, 0.1) is 12.7 Å². The van der Waals surface area contributed by atoms with Crippen LogP contribution in [0.1, 0.15) is 23.3 Å². The van der Waals surface area contributed by atoms with Crippen LogP contribution in [0.3, 0.4) is 0 Å². The molecule has 1 amide bonds. The highest BCUT2D eigenvalue weighted by atomic mass is 16.2. The predicted molar refractivity (Wildman–Crippen MR) is 54.2 cm³/mol. The highest BCUT2D eigenvalue weighted by Gasteiger charge is 2.21. The van der Waals surface area contributed by atoms with Crippen molar-refractivity contribution in [3.05, 3.63) is 11.9 Å². The van der Waals surface area contributed by atoms with E-state index in [1.165, 1.54) is 0 Å². The molecule has 0 radical (unpaired) electrons. The van der Waals surface area contributed by atoms with E-state index in [0.29, 0.717) is 18.8 Å². The van der Waals surface area contributed by atoms with E-state index in [1.807, 2.05) is 4.90 Å². The standard InChI is InChI=1S/C9H15N5O/c10-3-6-14-7-8(11-12-14)9(15)13-4-1-2-5-13/h7H,1-6,10H2. The van der Waals surface area contributed by atoms with Gasteiger partial charge in [-0.3, -0.25) is 9.48 Å². The monoisotopic (exact) mass is 209 g/mol. The van der Waals surface area contributed by atoms with Crippen LogP contribution >= 0.6 is 0 Å². The molecule has 0 atom stereocenters. The largest absolute Gasteiger partial charge is 0.337 e. The summed E-state index contributed by atoms with van der Waals surface area (Å²) in [5, 5.41) is 7.68. The molecule has 6 heteroatoms. The van der Waals surface area contributed by atoms with E-state index < -0.39 is 0 Å². The lowest BCUT2D eigenvalue weighted by molar-refractivity contribution is 0.0787. The summed E-state index contributed by atoms with van der Waals surface area (Å²) in [5.74, 6) is -0.0178. The van der Waals surface area contributed by atoms with Crippen molar-refractivity contribution >= 4 is 5.91 Å². The average molecular weight is 209 g/mol. The SMILES string of the molecule is NCCn1cc(C(=O)N2CCCC2)nn1. The van der Waals surface area contributed by atoms with Gasteiger partial charge in [0.15, 0.2) is 5.69 Å². The summed E-state index contributed by atoms with van der Waals surface area (Å²) in [6, 6.07) is 0. The van der Waals surface area contributed by atoms with Gasteiger partial charge in [0.2, 0.25) is 0 Å². The molecule has 2 rings (SSSR count). The number of likely N-dealkylation sites (tertiary alicyclic amines) is 1. The van der Waals surface area contributed by atoms with Crippen LogP contribution < -0.4 is 5.73 Å². The first-order valence-electron chi connectivity index (χ1n) is 5.21. The highest BCUT2D eigenvalue weighted by molar-refractivity contribution is 5.92. The number of rotatable bonds is 3. The van der Waals surface area contributed by atoms with Crippen molar-refractivity contribution in [2.75, 3.05) is 19.6 Å². The average Bonchev–Trinajstić information content (AvgIpc) is 2.87. The number of carbonyl (C=O) groups is 1. The maximum atomic E-state index is 11.8. The third-order valence-corrected chi connectivity index (χ3v) is 2.51. The van der Waals surface area contributed by atoms with E-state index in [4.69, 9.17) is 5.73 Å². The quantitative estimate of drug-likeness (QED) is 0.726. The molecule has 82 valence electrons. The Morgan fingerprint density at radius 2 is 2.20 bits per heavy atom. The molecular weight excluding hydrogens is 194 g/mol. The molecule has 0 aromatic carbocycles. The topological polar surface area (TPSA) is 77.0 Å². The normalized spacial score (nSPS) is 15.9. The minimum Gasteiger partial charge on any atom is -0.337 e. The van der Waals surface area contributed by atoms with Gasteiger partial charge in [-0.25, -0.2) is 0 Å². The lowest BCUT2D eigenvalue weighted by Gasteiger charge is -2.12. The Labute approximate surface area is 88.0 Å². The molecule has 6 nitrogen and oxygen atoms in total. The van der Waals surface area contributed by atoms with Crippen LogP contribution in [0.2, 0.25) is 0 Å². The Morgan fingerprint density at radius 1 is 1.47 bits per heavy atom. The predicted octanol–water partition coefficient (Wildman–Crippen LogP) is -0.527. The van der Waals surface area contributed by atoms with Gasteiger partial charge in [0, 0.05) is 19.6 Å². The van der Waals surface area contributed by atoms with E-state index in [1.54, 1.807) is 10.9 Å². The molecule has 0 bridgehead atoms. The van der Waals surface area contributed by atoms with E-state index in [9.17, 15) is 4.79 Å². The van der Waals surface area contributed by atoms with Crippen molar-refractivity contribution in [2.45, 2.75) is 19.4 Å². The van der Waals surface area contributed by atoms with Gasteiger partial charge in [-0.2, -0.15) is 0 Å². The molecule has 0 spiro atoms. The molecule has 15 heavy (non-hydrogen) atoms. The summed E-state index contributed by atoms with van der Waals surface area (Å²) in [7, 11) is 0. The van der Waals surface area contributed by atoms with Crippen LogP contribution in [-0.4, -0.2) is 45.4 Å². The molecule has 1 aromatic rings. The second kappa shape index (κ2) is 4.39. The lowest BCUT2D eigenvalue weighted by atomic mass is 10.4. The first kappa shape index (κ1) is 10.1. The molecule has 0 saturated carbocycles. The van der Waals surface area contributed by atoms with Crippen molar-refractivity contribution in [3.63, 3.8) is 0 Å². The first-order chi connectivity index (χ1) is 7.31. The fourth-order valence-electron chi connectivity index (χ4n) is 1.72. The second-order valence-corrected chi connectivity index (χ2v) is 3.65. The van der Waals surface area contributed by atoms with E-state index >= 15 is 0 Å². The van der Waals surface area contributed by atoms with Crippen LogP contribution in [0.4, 0.5) is 0 Å². The summed E-state index contributed by atoms with van der Waals surface area (Å²) >= 11 is 0. The second-order valence-electron chi connectivity index (χ2n) is 3.65. The van der Waals surface area contributed by atoms with Crippen LogP contribution in [0.5, 0.6) is 0 Å². The Morgan fingerprint density at radius 3 is 2.87 bits per heavy atom. The lowest BCUT2D eigenvalue weighted by Crippen LogP contribution is -2.27. The Balaban J connectivity index is 2.04. The minimum atomic E-state index is -0.0178. The van der Waals surface area contributed by atoms with Gasteiger partial charge in [-0.15, -0.1) is 5.10 Å². The smallest absolute Gasteiger partial charge is 0.276 e. The fourth-order valence-corrected chi connectivity index (χ4v) is 1.72. The molecule has 0 unspecified atom stereocenters. The summed E-state index contributed by atoms with van der Waals surface area (Å²) in [5.41, 5.74) is 5.81. The number of nitrogens with zero attached hydrogens (tertiary/aromatic N) is 4. The van der Waals surface area contributed by atoms with E-state index in [2.05, 4.69) is 10.3 Å². The molecule has 1 fully saturated rings. The molecule has 2 heterocycles. The van der Waals surface area contributed by atoms with Crippen molar-refractivity contribution in [3.8, 4) is 0 Å². The van der Waals surface area contributed by atoms with Gasteiger partial charge >= 0.3 is 0 Å². The summed E-state index contributed by atoms with van der Waals surface area (Å²) in [4.78, 5) is 13.7. The zero-order valence-corrected chi connectivity index (χ0v) is 8.59. The summed E-state index contributed by atoms with van der Waals surface area (Å²) < 4.78 is 1.60. The number of hydrogen-bond donors (Lipinski definition) is 1. The third kappa shape index (κ3) is 2.15. The van der Waals surface area contributed by atoms with Crippen molar-refractivity contribution in [1.82, 2.24) is 19.9 Å². The summed E-state index contributed by atoms with van der Waals surface area (Å²) in [6.45, 7) is 2.77. The molecule has 1 aliphatic heterocycles. The number of aromatic nitrogens is 3. The third-order valence-electron chi connectivity index (χ3n) is 2.51. The highest BCUT2D eigenvalue weighted by Crippen LogP contribution is 2.10. The van der Waals surface area contributed by atoms with Crippen LogP contribution in [0.15, 0.2) is 6.20 Å². The van der Waals surface area contributed by atoms with Crippen molar-refractivity contribution < 1.29 is 4.79 Å². The van der Waals surface area contributed by atoms with Gasteiger partial charge in [0.25, 0.3) is 5.91 Å². The van der Waals surface area contributed by atoms with Crippen molar-refractivity contribution in [1.29, 1.82) is 0 Å². The van der Waals surface area contributed by atoms with Gasteiger partial charge in [-0.05, 0) is 12.8 Å². The molecule has 1 aliphatic rings. The maximum absolute atomic E-state index is 11.8. The number of hydrogen-bond acceptors (Lipinski definition) is 4. The number of nitrogens with two attached hydrogens (primary N) is 1. The molecular formula is C9H15N5O. The fraction of sp³-hybridized carbons (Fsp3) is 0.667. The van der Waals surface area contributed by atoms with Crippen LogP contribution in [-0.2, 0) is 6.54 Å². The van der Waals surface area contributed by atoms with Crippen LogP contribution in [0, 0.1) is 0 Å². The summed E-state index contributed by atoms with van der Waals surface area (Å²) in [6.07, 6.45) is 3.83. The zero-order valence-electron chi connectivity index (χ0n) is 8.59. The maximum Gasteiger partial charge on any atom is 0.276 e. The Kier molecular flexibility index (Phi) is 2.96. The van der Waals surface area contributed by atoms with E-state index in [-0.39, 0.29) is 5.91 Å². The minimum absolute atomic E-state index is 0.0178. The van der Waals surface area contributed by atoms with Crippen molar-refractivity contribution in [2.24, 2.45) is 5.73 Å². The van der Waals surface area contributed by atoms with Crippen LogP contribution in [0.25, 0.3) is 0 Å². The van der Waals surface area contributed by atoms with Gasteiger partial charge in [-0.1, -0.05) is 5.21 Å². The molecule has 1 saturated heterocycles. The first-order valence-corrected chi connectivity index (χ1v) is 5.21. The Hall–Kier alpha value is -1.43.